The molecular weight excluding hydrogens is 316 g/mol. The molecule has 1 rings (SSSR count). The van der Waals surface area contributed by atoms with Crippen LogP contribution in [0.1, 0.15) is 48.5 Å². The topological polar surface area (TPSA) is 83.6 Å². The summed E-state index contributed by atoms with van der Waals surface area (Å²) in [6.07, 6.45) is 1.41. The number of aromatic nitrogens is 1. The minimum atomic E-state index is -0.670. The van der Waals surface area contributed by atoms with Gasteiger partial charge in [-0.3, -0.25) is 4.68 Å². The molecule has 6 nitrogen and oxygen atoms in total. The average Bonchev–Trinajstić information content (AvgIpc) is 2.51. The molecule has 1 aromatic heterocycles. The lowest BCUT2D eigenvalue weighted by Crippen LogP contribution is -2.26. The Hall–Kier alpha value is -1.50. The standard InChI is InChI=1S/C12H17BrN2O4/c1-5-18-11(17)9-8(7(13)6-15(9)14)10(16)19-12(2,3)4/h6H,5,14H2,1-4H3. The fourth-order valence-corrected chi connectivity index (χ4v) is 1.99. The first-order chi connectivity index (χ1) is 8.67. The summed E-state index contributed by atoms with van der Waals surface area (Å²) >= 11 is 3.19. The Morgan fingerprint density at radius 2 is 1.95 bits per heavy atom. The number of esters is 2. The lowest BCUT2D eigenvalue weighted by atomic mass is 10.2. The molecule has 0 amide bonds. The molecule has 0 saturated carbocycles. The van der Waals surface area contributed by atoms with Crippen LogP contribution >= 0.6 is 15.9 Å². The SMILES string of the molecule is CCOC(=O)c1c(C(=O)OC(C)(C)C)c(Br)cn1N. The third-order valence-corrected chi connectivity index (χ3v) is 2.66. The van der Waals surface area contributed by atoms with Gasteiger partial charge in [-0.2, -0.15) is 0 Å². The van der Waals surface area contributed by atoms with Gasteiger partial charge in [0.2, 0.25) is 0 Å². The zero-order chi connectivity index (χ0) is 14.8. The molecule has 0 radical (unpaired) electrons. The predicted octanol–water partition coefficient (Wildman–Crippen LogP) is 2.10. The molecule has 0 bridgehead atoms. The summed E-state index contributed by atoms with van der Waals surface area (Å²) in [6, 6.07) is 0. The number of hydrogen-bond donors (Lipinski definition) is 1. The van der Waals surface area contributed by atoms with E-state index in [1.165, 1.54) is 6.20 Å². The van der Waals surface area contributed by atoms with Crippen LogP contribution in [-0.4, -0.2) is 28.8 Å². The van der Waals surface area contributed by atoms with Crippen molar-refractivity contribution in [2.45, 2.75) is 33.3 Å². The molecule has 0 saturated heterocycles. The third kappa shape index (κ3) is 3.73. The maximum absolute atomic E-state index is 12.1. The third-order valence-electron chi connectivity index (χ3n) is 2.06. The van der Waals surface area contributed by atoms with E-state index >= 15 is 0 Å². The first kappa shape index (κ1) is 15.6. The zero-order valence-corrected chi connectivity index (χ0v) is 12.9. The highest BCUT2D eigenvalue weighted by Crippen LogP contribution is 2.25. The van der Waals surface area contributed by atoms with Crippen molar-refractivity contribution in [3.8, 4) is 0 Å². The van der Waals surface area contributed by atoms with Crippen molar-refractivity contribution >= 4 is 27.9 Å². The minimum Gasteiger partial charge on any atom is -0.461 e. The Bertz CT molecular complexity index is 503. The van der Waals surface area contributed by atoms with Gasteiger partial charge in [-0.15, -0.1) is 0 Å². The molecule has 2 N–H and O–H groups in total. The van der Waals surface area contributed by atoms with E-state index in [2.05, 4.69) is 15.9 Å². The van der Waals surface area contributed by atoms with E-state index in [1.807, 2.05) is 0 Å². The predicted molar refractivity (Wildman–Crippen MR) is 73.4 cm³/mol. The summed E-state index contributed by atoms with van der Waals surface area (Å²) in [5.74, 6) is 4.35. The van der Waals surface area contributed by atoms with E-state index in [9.17, 15) is 9.59 Å². The second kappa shape index (κ2) is 5.64. The smallest absolute Gasteiger partial charge is 0.357 e. The molecule has 1 aromatic rings. The van der Waals surface area contributed by atoms with E-state index in [0.29, 0.717) is 4.47 Å². The van der Waals surface area contributed by atoms with Crippen LogP contribution in [0.25, 0.3) is 0 Å². The molecule has 0 fully saturated rings. The van der Waals surface area contributed by atoms with Crippen LogP contribution < -0.4 is 5.84 Å². The van der Waals surface area contributed by atoms with Crippen molar-refractivity contribution in [1.82, 2.24) is 4.68 Å². The highest BCUT2D eigenvalue weighted by Gasteiger charge is 2.29. The Morgan fingerprint density at radius 1 is 1.37 bits per heavy atom. The lowest BCUT2D eigenvalue weighted by molar-refractivity contribution is 0.00631. The van der Waals surface area contributed by atoms with Crippen LogP contribution in [0, 0.1) is 0 Å². The quantitative estimate of drug-likeness (QED) is 0.676. The summed E-state index contributed by atoms with van der Waals surface area (Å²) in [5.41, 5.74) is -0.641. The fourth-order valence-electron chi connectivity index (χ4n) is 1.42. The van der Waals surface area contributed by atoms with E-state index in [4.69, 9.17) is 15.3 Å². The van der Waals surface area contributed by atoms with Crippen LogP contribution in [0.15, 0.2) is 10.7 Å². The molecule has 0 atom stereocenters. The van der Waals surface area contributed by atoms with Crippen molar-refractivity contribution in [3.05, 3.63) is 21.9 Å². The van der Waals surface area contributed by atoms with E-state index < -0.39 is 17.5 Å². The van der Waals surface area contributed by atoms with Crippen molar-refractivity contribution in [2.24, 2.45) is 0 Å². The zero-order valence-electron chi connectivity index (χ0n) is 11.3. The highest BCUT2D eigenvalue weighted by atomic mass is 79.9. The summed E-state index contributed by atoms with van der Waals surface area (Å²) in [7, 11) is 0. The van der Waals surface area contributed by atoms with Gasteiger partial charge < -0.3 is 15.3 Å². The number of carbonyl (C=O) groups excluding carboxylic acids is 2. The Morgan fingerprint density at radius 3 is 2.42 bits per heavy atom. The van der Waals surface area contributed by atoms with Crippen LogP contribution in [0.2, 0.25) is 0 Å². The van der Waals surface area contributed by atoms with Crippen molar-refractivity contribution in [1.29, 1.82) is 0 Å². The van der Waals surface area contributed by atoms with Crippen LogP contribution in [-0.2, 0) is 9.47 Å². The first-order valence-electron chi connectivity index (χ1n) is 5.73. The summed E-state index contributed by atoms with van der Waals surface area (Å²) in [4.78, 5) is 23.9. The number of rotatable bonds is 3. The molecule has 19 heavy (non-hydrogen) atoms. The Balaban J connectivity index is 3.20. The summed E-state index contributed by atoms with van der Waals surface area (Å²) in [6.45, 7) is 7.08. The second-order valence-corrected chi connectivity index (χ2v) is 5.68. The molecule has 0 aliphatic carbocycles. The number of nitrogens with zero attached hydrogens (tertiary/aromatic N) is 1. The van der Waals surface area contributed by atoms with Gasteiger partial charge in [0.1, 0.15) is 11.2 Å². The number of nitrogens with two attached hydrogens (primary N) is 1. The van der Waals surface area contributed by atoms with Crippen molar-refractivity contribution < 1.29 is 19.1 Å². The van der Waals surface area contributed by atoms with Crippen molar-refractivity contribution in [3.63, 3.8) is 0 Å². The van der Waals surface area contributed by atoms with Gasteiger partial charge in [0.25, 0.3) is 0 Å². The molecule has 0 aliphatic heterocycles. The molecule has 0 unspecified atom stereocenters. The van der Waals surface area contributed by atoms with E-state index in [0.717, 1.165) is 4.68 Å². The molecule has 7 heteroatoms. The van der Waals surface area contributed by atoms with Gasteiger partial charge in [-0.05, 0) is 43.6 Å². The number of halogens is 1. The van der Waals surface area contributed by atoms with Gasteiger partial charge in [-0.25, -0.2) is 9.59 Å². The fraction of sp³-hybridized carbons (Fsp3) is 0.500. The number of ether oxygens (including phenoxy) is 2. The number of hydrogen-bond acceptors (Lipinski definition) is 5. The van der Waals surface area contributed by atoms with Crippen LogP contribution in [0.4, 0.5) is 0 Å². The lowest BCUT2D eigenvalue weighted by Gasteiger charge is -2.19. The summed E-state index contributed by atoms with van der Waals surface area (Å²) < 4.78 is 11.5. The summed E-state index contributed by atoms with van der Waals surface area (Å²) in [5, 5.41) is 0. The van der Waals surface area contributed by atoms with Crippen molar-refractivity contribution in [2.75, 3.05) is 12.4 Å². The molecule has 0 aromatic carbocycles. The Labute approximate surface area is 119 Å². The maximum Gasteiger partial charge on any atom is 0.357 e. The molecule has 1 heterocycles. The maximum atomic E-state index is 12.1. The van der Waals surface area contributed by atoms with Gasteiger partial charge >= 0.3 is 11.9 Å². The van der Waals surface area contributed by atoms with Gasteiger partial charge in [0.05, 0.1) is 11.1 Å². The normalized spacial score (nSPS) is 11.2. The minimum absolute atomic E-state index is 0.0389. The molecule has 0 aliphatic rings. The van der Waals surface area contributed by atoms with Gasteiger partial charge in [0, 0.05) is 6.20 Å². The molecule has 0 spiro atoms. The average molecular weight is 333 g/mol. The number of nitrogen functional groups attached to an aromatic ring is 1. The molecule has 106 valence electrons. The second-order valence-electron chi connectivity index (χ2n) is 4.83. The van der Waals surface area contributed by atoms with Gasteiger partial charge in [-0.1, -0.05) is 0 Å². The van der Waals surface area contributed by atoms with E-state index in [1.54, 1.807) is 27.7 Å². The van der Waals surface area contributed by atoms with E-state index in [-0.39, 0.29) is 17.9 Å². The van der Waals surface area contributed by atoms with Gasteiger partial charge in [0.15, 0.2) is 5.69 Å². The van der Waals surface area contributed by atoms with Crippen LogP contribution in [0.3, 0.4) is 0 Å². The monoisotopic (exact) mass is 332 g/mol. The highest BCUT2D eigenvalue weighted by molar-refractivity contribution is 9.10. The molecular formula is C12H17BrN2O4. The number of carbonyl (C=O) groups is 2. The largest absolute Gasteiger partial charge is 0.461 e. The first-order valence-corrected chi connectivity index (χ1v) is 6.53. The van der Waals surface area contributed by atoms with Crippen LogP contribution in [0.5, 0.6) is 0 Å². The Kier molecular flexibility index (Phi) is 4.62.